The number of nitrogens with one attached hydrogen (secondary N) is 1. The minimum Gasteiger partial charge on any atom is -0.469 e. The van der Waals surface area contributed by atoms with Gasteiger partial charge in [0.05, 0.1) is 6.26 Å². The summed E-state index contributed by atoms with van der Waals surface area (Å²) in [6.07, 6.45) is 3.65. The number of hydrogen-bond acceptors (Lipinski definition) is 5. The van der Waals surface area contributed by atoms with Gasteiger partial charge in [0.1, 0.15) is 5.76 Å². The molecule has 5 heteroatoms. The SMILES string of the molecule is CNCc1cnc(N(C)Cc2ccoc2C)s1. The quantitative estimate of drug-likeness (QED) is 0.886. The Morgan fingerprint density at radius 1 is 1.53 bits per heavy atom. The second-order valence-corrected chi connectivity index (χ2v) is 5.09. The fourth-order valence-electron chi connectivity index (χ4n) is 1.63. The maximum Gasteiger partial charge on any atom is 0.185 e. The summed E-state index contributed by atoms with van der Waals surface area (Å²) in [7, 11) is 3.99. The Hall–Kier alpha value is -1.33. The van der Waals surface area contributed by atoms with Crippen molar-refractivity contribution in [3.8, 4) is 0 Å². The Kier molecular flexibility index (Phi) is 3.81. The van der Waals surface area contributed by atoms with E-state index in [0.717, 1.165) is 24.0 Å². The van der Waals surface area contributed by atoms with Crippen LogP contribution in [-0.2, 0) is 13.1 Å². The van der Waals surface area contributed by atoms with Crippen LogP contribution in [0.4, 0.5) is 5.13 Å². The molecule has 92 valence electrons. The van der Waals surface area contributed by atoms with Gasteiger partial charge in [0.25, 0.3) is 0 Å². The van der Waals surface area contributed by atoms with Crippen LogP contribution in [0.5, 0.6) is 0 Å². The van der Waals surface area contributed by atoms with E-state index in [4.69, 9.17) is 4.42 Å². The second-order valence-electron chi connectivity index (χ2n) is 4.00. The third-order valence-corrected chi connectivity index (χ3v) is 3.70. The molecule has 0 saturated carbocycles. The molecule has 0 amide bonds. The van der Waals surface area contributed by atoms with E-state index in [1.165, 1.54) is 10.4 Å². The Morgan fingerprint density at radius 2 is 2.35 bits per heavy atom. The first-order valence-electron chi connectivity index (χ1n) is 5.54. The van der Waals surface area contributed by atoms with Gasteiger partial charge in [0, 0.05) is 36.8 Å². The number of thiazole rings is 1. The highest BCUT2D eigenvalue weighted by molar-refractivity contribution is 7.15. The highest BCUT2D eigenvalue weighted by atomic mass is 32.1. The number of hydrogen-bond donors (Lipinski definition) is 1. The average molecular weight is 251 g/mol. The molecule has 2 heterocycles. The standard InChI is InChI=1S/C12H17N3OS/c1-9-10(4-5-16-9)8-15(3)12-14-7-11(17-12)6-13-2/h4-5,7,13H,6,8H2,1-3H3. The fourth-order valence-corrected chi connectivity index (χ4v) is 2.51. The zero-order valence-corrected chi connectivity index (χ0v) is 11.2. The van der Waals surface area contributed by atoms with Gasteiger partial charge < -0.3 is 14.6 Å². The first-order chi connectivity index (χ1) is 8.20. The monoisotopic (exact) mass is 251 g/mol. The van der Waals surface area contributed by atoms with Crippen molar-refractivity contribution in [2.24, 2.45) is 0 Å². The predicted octanol–water partition coefficient (Wildman–Crippen LogP) is 2.40. The molecule has 0 aliphatic carbocycles. The van der Waals surface area contributed by atoms with Crippen LogP contribution < -0.4 is 10.2 Å². The van der Waals surface area contributed by atoms with E-state index < -0.39 is 0 Å². The molecule has 0 unspecified atom stereocenters. The molecule has 2 rings (SSSR count). The van der Waals surface area contributed by atoms with E-state index >= 15 is 0 Å². The van der Waals surface area contributed by atoms with Gasteiger partial charge in [-0.25, -0.2) is 4.98 Å². The van der Waals surface area contributed by atoms with Crippen molar-refractivity contribution in [2.75, 3.05) is 19.0 Å². The second kappa shape index (κ2) is 5.33. The lowest BCUT2D eigenvalue weighted by Crippen LogP contribution is -2.16. The maximum atomic E-state index is 5.29. The van der Waals surface area contributed by atoms with Gasteiger partial charge in [-0.05, 0) is 20.0 Å². The third kappa shape index (κ3) is 2.87. The van der Waals surface area contributed by atoms with Crippen LogP contribution in [0, 0.1) is 6.92 Å². The summed E-state index contributed by atoms with van der Waals surface area (Å²) >= 11 is 1.71. The van der Waals surface area contributed by atoms with Crippen LogP contribution >= 0.6 is 11.3 Å². The summed E-state index contributed by atoms with van der Waals surface area (Å²) in [5.74, 6) is 0.976. The molecule has 0 radical (unpaired) electrons. The van der Waals surface area contributed by atoms with Crippen LogP contribution in [0.15, 0.2) is 22.9 Å². The molecule has 0 spiro atoms. The van der Waals surface area contributed by atoms with E-state index in [-0.39, 0.29) is 0 Å². The van der Waals surface area contributed by atoms with Crippen molar-refractivity contribution in [3.05, 3.63) is 34.7 Å². The smallest absolute Gasteiger partial charge is 0.185 e. The van der Waals surface area contributed by atoms with Crippen molar-refractivity contribution >= 4 is 16.5 Å². The van der Waals surface area contributed by atoms with E-state index in [0.29, 0.717) is 0 Å². The Morgan fingerprint density at radius 3 is 3.00 bits per heavy atom. The fraction of sp³-hybridized carbons (Fsp3) is 0.417. The molecule has 2 aromatic heterocycles. The lowest BCUT2D eigenvalue weighted by Gasteiger charge is -2.14. The minimum absolute atomic E-state index is 0.828. The van der Waals surface area contributed by atoms with Crippen LogP contribution in [0.2, 0.25) is 0 Å². The van der Waals surface area contributed by atoms with Gasteiger partial charge in [0.2, 0.25) is 0 Å². The van der Waals surface area contributed by atoms with E-state index in [1.54, 1.807) is 17.6 Å². The number of furan rings is 1. The van der Waals surface area contributed by atoms with Gasteiger partial charge in [-0.2, -0.15) is 0 Å². The number of rotatable bonds is 5. The van der Waals surface area contributed by atoms with E-state index in [9.17, 15) is 0 Å². The molecule has 1 N–H and O–H groups in total. The summed E-state index contributed by atoms with van der Waals surface area (Å²) in [4.78, 5) is 7.81. The Labute approximate surface area is 105 Å². The van der Waals surface area contributed by atoms with Gasteiger partial charge in [0.15, 0.2) is 5.13 Å². The maximum absolute atomic E-state index is 5.29. The molecule has 0 aliphatic rings. The van der Waals surface area contributed by atoms with E-state index in [1.807, 2.05) is 26.2 Å². The molecular formula is C12H17N3OS. The molecule has 2 aromatic rings. The average Bonchev–Trinajstić information content (AvgIpc) is 2.90. The van der Waals surface area contributed by atoms with Crippen molar-refractivity contribution in [3.63, 3.8) is 0 Å². The number of nitrogens with zero attached hydrogens (tertiary/aromatic N) is 2. The van der Waals surface area contributed by atoms with Crippen LogP contribution in [-0.4, -0.2) is 19.1 Å². The molecule has 4 nitrogen and oxygen atoms in total. The summed E-state index contributed by atoms with van der Waals surface area (Å²) < 4.78 is 5.29. The molecule has 0 bridgehead atoms. The van der Waals surface area contributed by atoms with Gasteiger partial charge in [-0.15, -0.1) is 11.3 Å². The van der Waals surface area contributed by atoms with Crippen molar-refractivity contribution in [1.82, 2.24) is 10.3 Å². The van der Waals surface area contributed by atoms with Crippen molar-refractivity contribution < 1.29 is 4.42 Å². The number of aryl methyl sites for hydroxylation is 1. The normalized spacial score (nSPS) is 10.8. The lowest BCUT2D eigenvalue weighted by atomic mass is 10.2. The molecule has 0 atom stereocenters. The summed E-state index contributed by atoms with van der Waals surface area (Å²) in [5.41, 5.74) is 1.21. The first kappa shape index (κ1) is 12.1. The molecule has 17 heavy (non-hydrogen) atoms. The predicted molar refractivity (Wildman–Crippen MR) is 70.4 cm³/mol. The zero-order valence-electron chi connectivity index (χ0n) is 10.4. The third-order valence-electron chi connectivity index (χ3n) is 2.59. The Bertz CT molecular complexity index is 478. The molecular weight excluding hydrogens is 234 g/mol. The van der Waals surface area contributed by atoms with Gasteiger partial charge >= 0.3 is 0 Å². The molecule has 0 fully saturated rings. The van der Waals surface area contributed by atoms with Crippen LogP contribution in [0.1, 0.15) is 16.2 Å². The molecule has 0 saturated heterocycles. The van der Waals surface area contributed by atoms with Crippen LogP contribution in [0.25, 0.3) is 0 Å². The lowest BCUT2D eigenvalue weighted by molar-refractivity contribution is 0.529. The number of aromatic nitrogens is 1. The largest absolute Gasteiger partial charge is 0.469 e. The first-order valence-corrected chi connectivity index (χ1v) is 6.35. The Balaban J connectivity index is 2.04. The van der Waals surface area contributed by atoms with Crippen molar-refractivity contribution in [1.29, 1.82) is 0 Å². The summed E-state index contributed by atoms with van der Waals surface area (Å²) in [5, 5.41) is 4.17. The van der Waals surface area contributed by atoms with Crippen molar-refractivity contribution in [2.45, 2.75) is 20.0 Å². The zero-order chi connectivity index (χ0) is 12.3. The summed E-state index contributed by atoms with van der Waals surface area (Å²) in [6, 6.07) is 2.01. The number of anilines is 1. The molecule has 0 aromatic carbocycles. The van der Waals surface area contributed by atoms with Gasteiger partial charge in [-0.3, -0.25) is 0 Å². The van der Waals surface area contributed by atoms with E-state index in [2.05, 4.69) is 22.2 Å². The highest BCUT2D eigenvalue weighted by Crippen LogP contribution is 2.23. The topological polar surface area (TPSA) is 41.3 Å². The molecule has 0 aliphatic heterocycles. The van der Waals surface area contributed by atoms with Gasteiger partial charge in [-0.1, -0.05) is 0 Å². The highest BCUT2D eigenvalue weighted by Gasteiger charge is 2.09. The summed E-state index contributed by atoms with van der Waals surface area (Å²) in [6.45, 7) is 3.68. The minimum atomic E-state index is 0.828. The van der Waals surface area contributed by atoms with Crippen LogP contribution in [0.3, 0.4) is 0 Å².